The highest BCUT2D eigenvalue weighted by Crippen LogP contribution is 2.17. The summed E-state index contributed by atoms with van der Waals surface area (Å²) < 4.78 is 0. The third-order valence-electron chi connectivity index (χ3n) is 4.40. The van der Waals surface area contributed by atoms with Crippen molar-refractivity contribution in [2.45, 2.75) is 57.4 Å². The fourth-order valence-corrected chi connectivity index (χ4v) is 2.94. The molecule has 0 radical (unpaired) electrons. The summed E-state index contributed by atoms with van der Waals surface area (Å²) >= 11 is 0. The molecule has 2 atom stereocenters. The molecule has 3 nitrogen and oxygen atoms in total. The van der Waals surface area contributed by atoms with E-state index < -0.39 is 0 Å². The van der Waals surface area contributed by atoms with Crippen molar-refractivity contribution >= 4 is 5.91 Å². The van der Waals surface area contributed by atoms with Crippen molar-refractivity contribution in [3.05, 3.63) is 35.9 Å². The van der Waals surface area contributed by atoms with Crippen molar-refractivity contribution in [3.8, 4) is 0 Å². The molecule has 1 aliphatic heterocycles. The summed E-state index contributed by atoms with van der Waals surface area (Å²) in [4.78, 5) is 11.9. The van der Waals surface area contributed by atoms with Gasteiger partial charge in [0.2, 0.25) is 5.91 Å². The van der Waals surface area contributed by atoms with E-state index in [4.69, 9.17) is 0 Å². The Labute approximate surface area is 128 Å². The van der Waals surface area contributed by atoms with Gasteiger partial charge in [0.1, 0.15) is 0 Å². The zero-order valence-corrected chi connectivity index (χ0v) is 13.1. The topological polar surface area (TPSA) is 41.1 Å². The molecular formula is C18H28N2O. The van der Waals surface area contributed by atoms with E-state index in [0.29, 0.717) is 18.4 Å². The summed E-state index contributed by atoms with van der Waals surface area (Å²) in [6, 6.07) is 11.0. The summed E-state index contributed by atoms with van der Waals surface area (Å²) in [5.74, 6) is 0.689. The lowest BCUT2D eigenvalue weighted by Gasteiger charge is -2.23. The van der Waals surface area contributed by atoms with Gasteiger partial charge in [0, 0.05) is 19.0 Å². The molecule has 1 heterocycles. The first-order chi connectivity index (χ1) is 10.3. The molecule has 0 aliphatic carbocycles. The fraction of sp³-hybridized carbons (Fsp3) is 0.611. The van der Waals surface area contributed by atoms with E-state index in [0.717, 1.165) is 25.9 Å². The summed E-state index contributed by atoms with van der Waals surface area (Å²) in [5.41, 5.74) is 1.35. The van der Waals surface area contributed by atoms with E-state index in [9.17, 15) is 4.79 Å². The number of benzene rings is 1. The Morgan fingerprint density at radius 3 is 2.86 bits per heavy atom. The molecular weight excluding hydrogens is 260 g/mol. The second kappa shape index (κ2) is 8.83. The predicted molar refractivity (Wildman–Crippen MR) is 87.4 cm³/mol. The Balaban J connectivity index is 1.58. The Hall–Kier alpha value is -1.35. The van der Waals surface area contributed by atoms with Crippen LogP contribution in [0, 0.1) is 0 Å². The number of nitrogens with one attached hydrogen (secondary N) is 2. The van der Waals surface area contributed by atoms with E-state index >= 15 is 0 Å². The van der Waals surface area contributed by atoms with Gasteiger partial charge in [0.15, 0.2) is 0 Å². The quantitative estimate of drug-likeness (QED) is 0.809. The van der Waals surface area contributed by atoms with Gasteiger partial charge >= 0.3 is 0 Å². The zero-order chi connectivity index (χ0) is 14.9. The van der Waals surface area contributed by atoms with Gasteiger partial charge in [-0.25, -0.2) is 0 Å². The lowest BCUT2D eigenvalue weighted by atomic mass is 9.98. The SMILES string of the molecule is CC(CCNC(=O)CCC1CCCCN1)c1ccccc1. The van der Waals surface area contributed by atoms with Gasteiger partial charge in [0.05, 0.1) is 0 Å². The zero-order valence-electron chi connectivity index (χ0n) is 13.1. The molecule has 1 aromatic rings. The minimum absolute atomic E-state index is 0.197. The molecule has 21 heavy (non-hydrogen) atoms. The van der Waals surface area contributed by atoms with Gasteiger partial charge in [-0.1, -0.05) is 43.7 Å². The number of carbonyl (C=O) groups is 1. The largest absolute Gasteiger partial charge is 0.356 e. The van der Waals surface area contributed by atoms with Crippen LogP contribution in [0.1, 0.15) is 56.9 Å². The number of piperidine rings is 1. The molecule has 0 spiro atoms. The van der Waals surface area contributed by atoms with Crippen LogP contribution in [0.3, 0.4) is 0 Å². The van der Waals surface area contributed by atoms with E-state index in [1.807, 2.05) is 6.07 Å². The van der Waals surface area contributed by atoms with Crippen LogP contribution in [0.5, 0.6) is 0 Å². The molecule has 0 bridgehead atoms. The fourth-order valence-electron chi connectivity index (χ4n) is 2.94. The summed E-state index contributed by atoms with van der Waals surface area (Å²) in [7, 11) is 0. The third-order valence-corrected chi connectivity index (χ3v) is 4.40. The van der Waals surface area contributed by atoms with Gasteiger partial charge in [-0.2, -0.15) is 0 Å². The van der Waals surface area contributed by atoms with E-state index in [1.165, 1.54) is 24.8 Å². The normalized spacial score (nSPS) is 20.0. The highest BCUT2D eigenvalue weighted by atomic mass is 16.1. The second-order valence-corrected chi connectivity index (χ2v) is 6.14. The molecule has 2 rings (SSSR count). The number of amides is 1. The molecule has 2 unspecified atom stereocenters. The minimum atomic E-state index is 0.197. The molecule has 3 heteroatoms. The van der Waals surface area contributed by atoms with Crippen LogP contribution in [0.4, 0.5) is 0 Å². The molecule has 116 valence electrons. The Bertz CT molecular complexity index is 412. The van der Waals surface area contributed by atoms with Crippen molar-refractivity contribution in [1.29, 1.82) is 0 Å². The minimum Gasteiger partial charge on any atom is -0.356 e. The molecule has 0 aromatic heterocycles. The van der Waals surface area contributed by atoms with Crippen LogP contribution in [0.2, 0.25) is 0 Å². The summed E-state index contributed by atoms with van der Waals surface area (Å²) in [6.45, 7) is 4.10. The lowest BCUT2D eigenvalue weighted by Crippen LogP contribution is -2.35. The lowest BCUT2D eigenvalue weighted by molar-refractivity contribution is -0.121. The van der Waals surface area contributed by atoms with Crippen molar-refractivity contribution in [2.75, 3.05) is 13.1 Å². The van der Waals surface area contributed by atoms with Crippen LogP contribution >= 0.6 is 0 Å². The van der Waals surface area contributed by atoms with Gasteiger partial charge in [-0.05, 0) is 43.7 Å². The molecule has 2 N–H and O–H groups in total. The maximum Gasteiger partial charge on any atom is 0.220 e. The highest BCUT2D eigenvalue weighted by molar-refractivity contribution is 5.75. The van der Waals surface area contributed by atoms with Crippen molar-refractivity contribution in [2.24, 2.45) is 0 Å². The van der Waals surface area contributed by atoms with Crippen LogP contribution in [0.25, 0.3) is 0 Å². The molecule has 1 saturated heterocycles. The number of hydrogen-bond acceptors (Lipinski definition) is 2. The van der Waals surface area contributed by atoms with E-state index in [2.05, 4.69) is 41.8 Å². The first-order valence-electron chi connectivity index (χ1n) is 8.30. The monoisotopic (exact) mass is 288 g/mol. The number of hydrogen-bond donors (Lipinski definition) is 2. The second-order valence-electron chi connectivity index (χ2n) is 6.14. The maximum absolute atomic E-state index is 11.9. The van der Waals surface area contributed by atoms with Crippen molar-refractivity contribution < 1.29 is 4.79 Å². The Morgan fingerprint density at radius 2 is 2.14 bits per heavy atom. The van der Waals surface area contributed by atoms with Crippen LogP contribution in [-0.2, 0) is 4.79 Å². The number of carbonyl (C=O) groups excluding carboxylic acids is 1. The predicted octanol–water partition coefficient (Wildman–Crippen LogP) is 3.22. The molecule has 1 fully saturated rings. The van der Waals surface area contributed by atoms with Gasteiger partial charge < -0.3 is 10.6 Å². The molecule has 1 aliphatic rings. The van der Waals surface area contributed by atoms with E-state index in [1.54, 1.807) is 0 Å². The standard InChI is InChI=1S/C18H28N2O/c1-15(16-7-3-2-4-8-16)12-14-20-18(21)11-10-17-9-5-6-13-19-17/h2-4,7-8,15,17,19H,5-6,9-14H2,1H3,(H,20,21). The molecule has 1 aromatic carbocycles. The average molecular weight is 288 g/mol. The smallest absolute Gasteiger partial charge is 0.220 e. The highest BCUT2D eigenvalue weighted by Gasteiger charge is 2.14. The first-order valence-corrected chi connectivity index (χ1v) is 8.30. The molecule has 1 amide bonds. The third kappa shape index (κ3) is 5.88. The average Bonchev–Trinajstić information content (AvgIpc) is 2.54. The van der Waals surface area contributed by atoms with E-state index in [-0.39, 0.29) is 5.91 Å². The van der Waals surface area contributed by atoms with Crippen LogP contribution in [0.15, 0.2) is 30.3 Å². The van der Waals surface area contributed by atoms with Gasteiger partial charge in [0.25, 0.3) is 0 Å². The van der Waals surface area contributed by atoms with Crippen LogP contribution in [-0.4, -0.2) is 25.0 Å². The van der Waals surface area contributed by atoms with Crippen molar-refractivity contribution in [3.63, 3.8) is 0 Å². The van der Waals surface area contributed by atoms with Gasteiger partial charge in [-0.15, -0.1) is 0 Å². The summed E-state index contributed by atoms with van der Waals surface area (Å²) in [6.07, 6.45) is 6.42. The Kier molecular flexibility index (Phi) is 6.74. The summed E-state index contributed by atoms with van der Waals surface area (Å²) in [5, 5.41) is 6.55. The first kappa shape index (κ1) is 16.0. The molecule has 0 saturated carbocycles. The maximum atomic E-state index is 11.9. The number of rotatable bonds is 7. The van der Waals surface area contributed by atoms with Gasteiger partial charge in [-0.3, -0.25) is 4.79 Å². The Morgan fingerprint density at radius 1 is 1.33 bits per heavy atom. The van der Waals surface area contributed by atoms with Crippen molar-refractivity contribution in [1.82, 2.24) is 10.6 Å². The van der Waals surface area contributed by atoms with Crippen LogP contribution < -0.4 is 10.6 Å².